The van der Waals surface area contributed by atoms with Gasteiger partial charge in [0.05, 0.1) is 32.3 Å². The summed E-state index contributed by atoms with van der Waals surface area (Å²) in [4.78, 5) is 27.4. The van der Waals surface area contributed by atoms with Crippen molar-refractivity contribution >= 4 is 43.9 Å². The van der Waals surface area contributed by atoms with E-state index in [9.17, 15) is 9.59 Å². The number of carbonyl (C=O) groups excluding carboxylic acids is 2. The molecule has 1 aliphatic carbocycles. The van der Waals surface area contributed by atoms with Gasteiger partial charge in [-0.25, -0.2) is 0 Å². The van der Waals surface area contributed by atoms with E-state index < -0.39 is 32.3 Å². The van der Waals surface area contributed by atoms with E-state index in [4.69, 9.17) is 0 Å². The first-order chi connectivity index (χ1) is 10.3. The average molecular weight is 397 g/mol. The molecule has 2 nitrogen and oxygen atoms in total. The highest BCUT2D eigenvalue weighted by Crippen LogP contribution is 2.41. The van der Waals surface area contributed by atoms with E-state index in [1.807, 2.05) is 0 Å². The van der Waals surface area contributed by atoms with E-state index in [1.165, 1.54) is 0 Å². The molecule has 0 unspecified atom stereocenters. The van der Waals surface area contributed by atoms with Crippen LogP contribution in [0.1, 0.15) is 0 Å². The molecule has 1 rings (SSSR count). The zero-order chi connectivity index (χ0) is 19.5. The lowest BCUT2D eigenvalue weighted by Gasteiger charge is -2.40. The minimum atomic E-state index is -1.90. The Hall–Kier alpha value is -0.312. The maximum absolute atomic E-state index is 13.7. The van der Waals surface area contributed by atoms with Crippen LogP contribution in [0.5, 0.6) is 0 Å². The summed E-state index contributed by atoms with van der Waals surface area (Å²) >= 11 is 0. The summed E-state index contributed by atoms with van der Waals surface area (Å²) in [6.07, 6.45) is 0. The first-order valence-electron chi connectivity index (χ1n) is 8.91. The van der Waals surface area contributed by atoms with Gasteiger partial charge < -0.3 is 0 Å². The molecule has 0 spiro atoms. The van der Waals surface area contributed by atoms with Crippen molar-refractivity contribution in [3.05, 3.63) is 20.8 Å². The Morgan fingerprint density at radius 3 is 0.583 bits per heavy atom. The normalized spacial score (nSPS) is 18.7. The van der Waals surface area contributed by atoms with E-state index in [-0.39, 0.29) is 11.6 Å². The molecular formula is C18H36O2Si4. The highest BCUT2D eigenvalue weighted by Gasteiger charge is 2.49. The van der Waals surface area contributed by atoms with Gasteiger partial charge in [-0.3, -0.25) is 9.59 Å². The van der Waals surface area contributed by atoms with Gasteiger partial charge in [0.1, 0.15) is 0 Å². The molecule has 0 aromatic heterocycles. The summed E-state index contributed by atoms with van der Waals surface area (Å²) in [6.45, 7) is 26.6. The molecule has 0 aliphatic heterocycles. The quantitative estimate of drug-likeness (QED) is 0.481. The summed E-state index contributed by atoms with van der Waals surface area (Å²) in [5.74, 6) is 0.505. The van der Waals surface area contributed by atoms with Gasteiger partial charge >= 0.3 is 0 Å². The van der Waals surface area contributed by atoms with Crippen molar-refractivity contribution < 1.29 is 9.59 Å². The molecule has 0 fully saturated rings. The Bertz CT molecular complexity index is 532. The number of hydrogen-bond donors (Lipinski definition) is 0. The number of allylic oxidation sites excluding steroid dienone is 4. The van der Waals surface area contributed by atoms with E-state index in [2.05, 4.69) is 78.6 Å². The fourth-order valence-electron chi connectivity index (χ4n) is 3.57. The zero-order valence-electron chi connectivity index (χ0n) is 17.8. The molecule has 0 bridgehead atoms. The second-order valence-corrected chi connectivity index (χ2v) is 31.2. The molecule has 0 saturated heterocycles. The third-order valence-corrected chi connectivity index (χ3v) is 12.8. The first-order valence-corrected chi connectivity index (χ1v) is 22.9. The van der Waals surface area contributed by atoms with Gasteiger partial charge in [0.25, 0.3) is 0 Å². The minimum absolute atomic E-state index is 0.253. The van der Waals surface area contributed by atoms with Crippen LogP contribution in [-0.2, 0) is 9.59 Å². The van der Waals surface area contributed by atoms with Crippen LogP contribution in [0.4, 0.5) is 0 Å². The number of hydrogen-bond acceptors (Lipinski definition) is 2. The van der Waals surface area contributed by atoms with Crippen LogP contribution in [0.25, 0.3) is 0 Å². The summed E-state index contributed by atoms with van der Waals surface area (Å²) in [6, 6.07) is 0. The van der Waals surface area contributed by atoms with Crippen molar-refractivity contribution in [3.8, 4) is 0 Å². The maximum atomic E-state index is 13.7. The molecule has 0 aromatic carbocycles. The van der Waals surface area contributed by atoms with Gasteiger partial charge in [-0.1, -0.05) is 78.6 Å². The average Bonchev–Trinajstić information content (AvgIpc) is 2.24. The predicted molar refractivity (Wildman–Crippen MR) is 117 cm³/mol. The Morgan fingerprint density at radius 1 is 0.375 bits per heavy atom. The highest BCUT2D eigenvalue weighted by atomic mass is 28.3. The molecule has 0 N–H and O–H groups in total. The fraction of sp³-hybridized carbons (Fsp3) is 0.667. The number of Topliss-reactive ketones (excluding diaryl/α,β-unsaturated/α-hetero) is 2. The van der Waals surface area contributed by atoms with Crippen LogP contribution < -0.4 is 0 Å². The van der Waals surface area contributed by atoms with E-state index in [0.29, 0.717) is 0 Å². The molecule has 0 aromatic rings. The predicted octanol–water partition coefficient (Wildman–Crippen LogP) is 5.24. The number of rotatable bonds is 4. The van der Waals surface area contributed by atoms with Gasteiger partial charge in [-0.15, -0.1) is 0 Å². The van der Waals surface area contributed by atoms with Gasteiger partial charge in [-0.2, -0.15) is 0 Å². The van der Waals surface area contributed by atoms with Gasteiger partial charge in [0, 0.05) is 0 Å². The van der Waals surface area contributed by atoms with Crippen molar-refractivity contribution in [2.75, 3.05) is 0 Å². The first kappa shape index (κ1) is 21.7. The Labute approximate surface area is 152 Å². The summed E-state index contributed by atoms with van der Waals surface area (Å²) in [5, 5.41) is 3.80. The van der Waals surface area contributed by atoms with Crippen LogP contribution in [0, 0.1) is 0 Å². The Balaban J connectivity index is 4.00. The fourth-order valence-corrected chi connectivity index (χ4v) is 15.0. The largest absolute Gasteiger partial charge is 0.290 e. The molecule has 0 heterocycles. The Morgan fingerprint density at radius 2 is 0.500 bits per heavy atom. The third kappa shape index (κ3) is 4.08. The van der Waals surface area contributed by atoms with Crippen molar-refractivity contribution in [2.45, 2.75) is 78.6 Å². The molecular weight excluding hydrogens is 361 g/mol. The molecule has 24 heavy (non-hydrogen) atoms. The molecule has 0 saturated carbocycles. The Kier molecular flexibility index (Phi) is 5.56. The smallest absolute Gasteiger partial charge is 0.177 e. The van der Waals surface area contributed by atoms with Gasteiger partial charge in [-0.05, 0) is 20.8 Å². The van der Waals surface area contributed by atoms with Crippen molar-refractivity contribution in [1.82, 2.24) is 0 Å². The lowest BCUT2D eigenvalue weighted by Crippen LogP contribution is -2.51. The van der Waals surface area contributed by atoms with Crippen LogP contribution in [0.15, 0.2) is 20.8 Å². The van der Waals surface area contributed by atoms with Gasteiger partial charge in [0.15, 0.2) is 11.6 Å². The van der Waals surface area contributed by atoms with E-state index >= 15 is 0 Å². The van der Waals surface area contributed by atoms with Crippen LogP contribution in [-0.4, -0.2) is 43.9 Å². The zero-order valence-corrected chi connectivity index (χ0v) is 21.8. The summed E-state index contributed by atoms with van der Waals surface area (Å²) < 4.78 is 0. The van der Waals surface area contributed by atoms with E-state index in [1.54, 1.807) is 0 Å². The van der Waals surface area contributed by atoms with Crippen LogP contribution >= 0.6 is 0 Å². The standard InChI is InChI=1S/C18H36O2Si4/c1-21(2,3)15-13(19)17(23(7,8)9)18(24(10,11)12)14(20)16(15)22(4,5)6/h1-12H3. The lowest BCUT2D eigenvalue weighted by atomic mass is 10.1. The highest BCUT2D eigenvalue weighted by molar-refractivity contribution is 7.03. The monoisotopic (exact) mass is 396 g/mol. The molecule has 0 amide bonds. The molecule has 0 radical (unpaired) electrons. The number of ketones is 2. The maximum Gasteiger partial charge on any atom is 0.177 e. The third-order valence-electron chi connectivity index (χ3n) is 4.41. The van der Waals surface area contributed by atoms with E-state index in [0.717, 1.165) is 20.8 Å². The second-order valence-electron chi connectivity index (χ2n) is 11.2. The molecule has 6 heteroatoms. The molecule has 136 valence electrons. The topological polar surface area (TPSA) is 34.1 Å². The number of carbonyl (C=O) groups is 2. The molecule has 0 atom stereocenters. The minimum Gasteiger partial charge on any atom is -0.290 e. The van der Waals surface area contributed by atoms with Gasteiger partial charge in [0.2, 0.25) is 0 Å². The molecule has 1 aliphatic rings. The van der Waals surface area contributed by atoms with Crippen LogP contribution in [0.2, 0.25) is 78.6 Å². The van der Waals surface area contributed by atoms with Crippen molar-refractivity contribution in [3.63, 3.8) is 0 Å². The van der Waals surface area contributed by atoms with Crippen molar-refractivity contribution in [1.29, 1.82) is 0 Å². The summed E-state index contributed by atoms with van der Waals surface area (Å²) in [5.41, 5.74) is 0. The van der Waals surface area contributed by atoms with Crippen molar-refractivity contribution in [2.24, 2.45) is 0 Å². The second kappa shape index (κ2) is 6.14. The summed E-state index contributed by atoms with van der Waals surface area (Å²) in [7, 11) is -7.58. The van der Waals surface area contributed by atoms with Crippen LogP contribution in [0.3, 0.4) is 0 Å². The lowest BCUT2D eigenvalue weighted by molar-refractivity contribution is -0.115. The SMILES string of the molecule is C[Si](C)(C)C1=C([Si](C)(C)C)C(=O)C([Si](C)(C)C)=C([Si](C)(C)C)C1=O.